The number of hydrogen-bond donors (Lipinski definition) is 1. The van der Waals surface area contributed by atoms with Crippen LogP contribution >= 0.6 is 0 Å². The summed E-state index contributed by atoms with van der Waals surface area (Å²) in [4.78, 5) is 27.5. The Morgan fingerprint density at radius 3 is 2.40 bits per heavy atom. The van der Waals surface area contributed by atoms with E-state index in [1.165, 1.54) is 31.4 Å². The van der Waals surface area contributed by atoms with Gasteiger partial charge >= 0.3 is 6.18 Å². The first-order valence-electron chi connectivity index (χ1n) is 15.6. The molecule has 7 nitrogen and oxygen atoms in total. The fourth-order valence-electron chi connectivity index (χ4n) is 5.75. The van der Waals surface area contributed by atoms with Crippen LogP contribution in [0.25, 0.3) is 11.4 Å². The molecule has 0 radical (unpaired) electrons. The number of benzene rings is 1. The number of carbonyl (C=O) groups is 1. The van der Waals surface area contributed by atoms with Crippen molar-refractivity contribution in [1.82, 2.24) is 19.7 Å². The summed E-state index contributed by atoms with van der Waals surface area (Å²) in [6.07, 6.45) is 4.34. The van der Waals surface area contributed by atoms with E-state index >= 15 is 0 Å². The number of pyridine rings is 1. The number of aromatic nitrogens is 3. The molecule has 1 aliphatic carbocycles. The molecule has 2 aliphatic rings. The Morgan fingerprint density at radius 2 is 1.89 bits per heavy atom. The number of halogens is 3. The van der Waals surface area contributed by atoms with Crippen LogP contribution in [0.5, 0.6) is 0 Å². The predicted molar refractivity (Wildman–Crippen MR) is 170 cm³/mol. The first kappa shape index (κ1) is 33.7. The van der Waals surface area contributed by atoms with Gasteiger partial charge < -0.3 is 10.6 Å². The van der Waals surface area contributed by atoms with Crippen LogP contribution in [0.3, 0.4) is 0 Å². The molecular formula is C35H42F3N5O2. The number of rotatable bonds is 10. The van der Waals surface area contributed by atoms with Crippen LogP contribution in [-0.4, -0.2) is 37.9 Å². The number of nitrogens with two attached hydrogens (primary N) is 1. The molecule has 1 fully saturated rings. The molecule has 0 bridgehead atoms. The zero-order valence-corrected chi connectivity index (χ0v) is 26.5. The lowest BCUT2D eigenvalue weighted by Gasteiger charge is -2.38. The Morgan fingerprint density at radius 1 is 1.22 bits per heavy atom. The lowest BCUT2D eigenvalue weighted by molar-refractivity contribution is -0.141. The fourth-order valence-corrected chi connectivity index (χ4v) is 5.75. The molecule has 2 atom stereocenters. The van der Waals surface area contributed by atoms with Crippen molar-refractivity contribution in [2.24, 2.45) is 5.92 Å². The zero-order valence-electron chi connectivity index (χ0n) is 26.5. The first-order chi connectivity index (χ1) is 21.4. The Kier molecular flexibility index (Phi) is 10.7. The second kappa shape index (κ2) is 14.3. The van der Waals surface area contributed by atoms with Crippen molar-refractivity contribution in [1.29, 1.82) is 0 Å². The summed E-state index contributed by atoms with van der Waals surface area (Å²) in [6.45, 7) is 11.6. The first-order valence-corrected chi connectivity index (χ1v) is 15.6. The summed E-state index contributed by atoms with van der Waals surface area (Å²) >= 11 is 0. The van der Waals surface area contributed by atoms with Crippen LogP contribution in [0, 0.1) is 5.92 Å². The third-order valence-corrected chi connectivity index (χ3v) is 8.69. The molecule has 0 saturated heterocycles. The van der Waals surface area contributed by atoms with Crippen LogP contribution in [0.2, 0.25) is 0 Å². The number of nitrogens with zero attached hydrogens (tertiary/aromatic N) is 4. The molecule has 10 heteroatoms. The van der Waals surface area contributed by atoms with E-state index in [1.54, 1.807) is 0 Å². The topological polar surface area (TPSA) is 94.1 Å². The maximum atomic E-state index is 13.2. The maximum Gasteiger partial charge on any atom is 0.433 e. The molecule has 2 unspecified atom stereocenters. The van der Waals surface area contributed by atoms with Crippen LogP contribution in [0.1, 0.15) is 106 Å². The van der Waals surface area contributed by atoms with Gasteiger partial charge in [-0.15, -0.1) is 0 Å². The number of fused-ring (bicyclic) bond motifs is 1. The molecule has 45 heavy (non-hydrogen) atoms. The molecule has 240 valence electrons. The molecule has 5 rings (SSSR count). The molecule has 1 saturated carbocycles. The summed E-state index contributed by atoms with van der Waals surface area (Å²) < 4.78 is 41.7. The molecule has 0 spiro atoms. The minimum atomic E-state index is -4.63. The van der Waals surface area contributed by atoms with Crippen LogP contribution in [0.15, 0.2) is 49.2 Å². The van der Waals surface area contributed by atoms with E-state index in [0.29, 0.717) is 31.2 Å². The third kappa shape index (κ3) is 7.74. The van der Waals surface area contributed by atoms with Gasteiger partial charge in [0.1, 0.15) is 11.4 Å². The van der Waals surface area contributed by atoms with Gasteiger partial charge in [0.05, 0.1) is 28.7 Å². The zero-order chi connectivity index (χ0) is 32.9. The normalized spacial score (nSPS) is 16.6. The highest BCUT2D eigenvalue weighted by Crippen LogP contribution is 2.43. The molecule has 1 aromatic carbocycles. The van der Waals surface area contributed by atoms with Gasteiger partial charge in [0.25, 0.3) is 0 Å². The maximum absolute atomic E-state index is 13.2. The Hall–Kier alpha value is -4.17. The highest BCUT2D eigenvalue weighted by Gasteiger charge is 2.37. The van der Waals surface area contributed by atoms with Crippen molar-refractivity contribution in [3.63, 3.8) is 0 Å². The third-order valence-electron chi connectivity index (χ3n) is 8.69. The van der Waals surface area contributed by atoms with Crippen molar-refractivity contribution in [2.45, 2.75) is 90.8 Å². The van der Waals surface area contributed by atoms with Gasteiger partial charge in [-0.2, -0.15) is 18.3 Å². The number of alkyl halides is 3. The molecule has 3 heterocycles. The van der Waals surface area contributed by atoms with E-state index in [4.69, 9.17) is 10.8 Å². The smallest absolute Gasteiger partial charge is 0.398 e. The van der Waals surface area contributed by atoms with Gasteiger partial charge in [-0.3, -0.25) is 9.78 Å². The average molecular weight is 622 g/mol. The lowest BCUT2D eigenvalue weighted by Crippen LogP contribution is -2.35. The van der Waals surface area contributed by atoms with Crippen molar-refractivity contribution in [2.75, 3.05) is 12.3 Å². The van der Waals surface area contributed by atoms with E-state index in [-0.39, 0.29) is 28.8 Å². The van der Waals surface area contributed by atoms with Crippen LogP contribution in [0.4, 0.5) is 18.9 Å². The minimum Gasteiger partial charge on any atom is -0.398 e. The van der Waals surface area contributed by atoms with Crippen molar-refractivity contribution >= 4 is 23.1 Å². The van der Waals surface area contributed by atoms with Gasteiger partial charge in [-0.05, 0) is 80.7 Å². The molecule has 2 N–H and O–H groups in total. The molecule has 1 aliphatic heterocycles. The summed E-state index contributed by atoms with van der Waals surface area (Å²) in [5.74, 6) is 3.22. The van der Waals surface area contributed by atoms with Gasteiger partial charge in [0, 0.05) is 30.4 Å². The summed E-state index contributed by atoms with van der Waals surface area (Å²) in [5.41, 5.74) is 10.7. The Balaban J connectivity index is 0.000000854. The van der Waals surface area contributed by atoms with Gasteiger partial charge in [-0.25, -0.2) is 9.48 Å². The fraction of sp³-hybridized carbons (Fsp3) is 0.457. The number of allylic oxidation sites excluding steroid dienone is 1. The van der Waals surface area contributed by atoms with E-state index in [1.807, 2.05) is 17.8 Å². The summed E-state index contributed by atoms with van der Waals surface area (Å²) in [7, 11) is 0. The van der Waals surface area contributed by atoms with Crippen molar-refractivity contribution in [3.8, 4) is 5.69 Å². The van der Waals surface area contributed by atoms with Gasteiger partial charge in [0.15, 0.2) is 11.7 Å². The van der Waals surface area contributed by atoms with E-state index in [9.17, 15) is 22.8 Å². The van der Waals surface area contributed by atoms with E-state index in [2.05, 4.69) is 54.4 Å². The van der Waals surface area contributed by atoms with Crippen molar-refractivity contribution < 1.29 is 22.8 Å². The van der Waals surface area contributed by atoms with Gasteiger partial charge in [0.2, 0.25) is 0 Å². The number of carbonyl (C=O) groups excluding carboxylic acids is 2. The van der Waals surface area contributed by atoms with Gasteiger partial charge in [-0.1, -0.05) is 45.9 Å². The van der Waals surface area contributed by atoms with E-state index in [0.717, 1.165) is 54.2 Å². The number of ketones is 1. The Labute approximate surface area is 263 Å². The average Bonchev–Trinajstić information content (AvgIpc) is 3.81. The lowest BCUT2D eigenvalue weighted by atomic mass is 9.90. The molecular weight excluding hydrogens is 579 g/mol. The highest BCUT2D eigenvalue weighted by molar-refractivity contribution is 5.90. The minimum absolute atomic E-state index is 0.0185. The Bertz CT molecular complexity index is 1570. The van der Waals surface area contributed by atoms with E-state index < -0.39 is 11.9 Å². The van der Waals surface area contributed by atoms with Crippen LogP contribution < -0.4 is 5.73 Å². The van der Waals surface area contributed by atoms with Crippen molar-refractivity contribution in [3.05, 3.63) is 83.0 Å². The second-order valence-corrected chi connectivity index (χ2v) is 11.9. The number of nitrogen functional groups attached to an aromatic ring is 1. The highest BCUT2D eigenvalue weighted by atomic mass is 19.4. The summed E-state index contributed by atoms with van der Waals surface area (Å²) in [5, 5.41) is 5.13. The van der Waals surface area contributed by atoms with Crippen LogP contribution in [-0.2, 0) is 28.6 Å². The molecule has 0 amide bonds. The standard InChI is InChI=1S/C31H36F3N5O.C4H6O/c1-4-19(3)6-13-25-30-26(5-2)38(28(18-40)23-17-36-29(16-24(23)35)31(32,33)34)15-14-27(30)39(37-25)22-11-9-21(10-12-22)20-7-8-20;1-3-4(2)5/h9-12,16-17,19-20,26H,4-8,13-15H2,1-3H3,(H2,35,36);3H,1H2,2H3. The molecule has 3 aromatic rings. The molecule has 2 aromatic heterocycles. The largest absolute Gasteiger partial charge is 0.433 e. The number of anilines is 1. The SMILES string of the molecule is C=CC(C)=O.CCC(C)CCc1nn(-c2ccc(C3CC3)cc2)c2c1C(CC)N(C(=C=O)c1cnc(C(F)(F)F)cc1N)CC2. The quantitative estimate of drug-likeness (QED) is 0.185. The predicted octanol–water partition coefficient (Wildman–Crippen LogP) is 7.67. The second-order valence-electron chi connectivity index (χ2n) is 11.9. The number of hydrogen-bond acceptors (Lipinski definition) is 6. The number of aryl methyl sites for hydroxylation is 1. The monoisotopic (exact) mass is 621 g/mol. The summed E-state index contributed by atoms with van der Waals surface area (Å²) in [6, 6.07) is 9.24.